The lowest BCUT2D eigenvalue weighted by atomic mass is 10.1. The van der Waals surface area contributed by atoms with Gasteiger partial charge in [0.25, 0.3) is 5.91 Å². The summed E-state index contributed by atoms with van der Waals surface area (Å²) in [6.45, 7) is 4.99. The molecule has 6 heteroatoms. The largest absolute Gasteiger partial charge is 0.351 e. The van der Waals surface area contributed by atoms with E-state index >= 15 is 0 Å². The van der Waals surface area contributed by atoms with Crippen LogP contribution in [0.2, 0.25) is 0 Å². The number of amides is 1. The van der Waals surface area contributed by atoms with E-state index in [1.165, 1.54) is 31.2 Å². The van der Waals surface area contributed by atoms with Gasteiger partial charge in [-0.25, -0.2) is 8.42 Å². The molecule has 1 heterocycles. The highest BCUT2D eigenvalue weighted by atomic mass is 32.2. The number of nitrogens with one attached hydrogen (secondary N) is 1. The Morgan fingerprint density at radius 2 is 1.71 bits per heavy atom. The van der Waals surface area contributed by atoms with E-state index in [0.29, 0.717) is 5.56 Å². The maximum atomic E-state index is 12.0. The predicted octanol–water partition coefficient (Wildman–Crippen LogP) is 2.23. The molecule has 0 atom stereocenters. The Kier molecular flexibility index (Phi) is 7.24. The Morgan fingerprint density at radius 3 is 2.29 bits per heavy atom. The molecule has 0 spiro atoms. The molecule has 1 saturated heterocycles. The van der Waals surface area contributed by atoms with Gasteiger partial charge in [-0.05, 0) is 43.6 Å². The minimum absolute atomic E-state index is 0.0116. The van der Waals surface area contributed by atoms with Crippen molar-refractivity contribution in [2.45, 2.75) is 39.2 Å². The summed E-state index contributed by atoms with van der Waals surface area (Å²) in [6.07, 6.45) is 5.18. The molecule has 1 aromatic rings. The maximum absolute atomic E-state index is 12.0. The first kappa shape index (κ1) is 18.9. The van der Waals surface area contributed by atoms with Crippen molar-refractivity contribution in [2.75, 3.05) is 31.1 Å². The van der Waals surface area contributed by atoms with Crippen LogP contribution in [0.1, 0.15) is 48.5 Å². The van der Waals surface area contributed by atoms with Crippen molar-refractivity contribution in [3.8, 4) is 0 Å². The molecule has 2 rings (SSSR count). The molecule has 134 valence electrons. The molecular weight excluding hydrogens is 324 g/mol. The predicted molar refractivity (Wildman–Crippen MR) is 96.8 cm³/mol. The SMILES string of the molecule is CCS(=O)(=O)CCNC(=O)c1ccc(CN2CCCCCC2)cc1. The number of benzene rings is 1. The van der Waals surface area contributed by atoms with Gasteiger partial charge in [0.2, 0.25) is 0 Å². The second kappa shape index (κ2) is 9.18. The molecule has 0 aromatic heterocycles. The van der Waals surface area contributed by atoms with Gasteiger partial charge in [0.05, 0.1) is 5.75 Å². The quantitative estimate of drug-likeness (QED) is 0.817. The van der Waals surface area contributed by atoms with Crippen LogP contribution in [0.15, 0.2) is 24.3 Å². The third-order valence-electron chi connectivity index (χ3n) is 4.46. The standard InChI is InChI=1S/C18H28N2O3S/c1-2-24(22,23)14-11-19-18(21)17-9-7-16(8-10-17)15-20-12-5-3-4-6-13-20/h7-10H,2-6,11-15H2,1H3,(H,19,21). The van der Waals surface area contributed by atoms with Crippen molar-refractivity contribution in [1.29, 1.82) is 0 Å². The van der Waals surface area contributed by atoms with Crippen LogP contribution >= 0.6 is 0 Å². The van der Waals surface area contributed by atoms with Crippen LogP contribution in [0.5, 0.6) is 0 Å². The number of hydrogen-bond donors (Lipinski definition) is 1. The van der Waals surface area contributed by atoms with Gasteiger partial charge in [-0.15, -0.1) is 0 Å². The van der Waals surface area contributed by atoms with Gasteiger partial charge in [0, 0.05) is 24.4 Å². The van der Waals surface area contributed by atoms with Gasteiger partial charge in [-0.1, -0.05) is 31.9 Å². The van der Waals surface area contributed by atoms with Gasteiger partial charge < -0.3 is 5.32 Å². The number of nitrogens with zero attached hydrogens (tertiary/aromatic N) is 1. The summed E-state index contributed by atoms with van der Waals surface area (Å²) < 4.78 is 22.8. The third-order valence-corrected chi connectivity index (χ3v) is 6.17. The van der Waals surface area contributed by atoms with Gasteiger partial charge in [0.15, 0.2) is 9.84 Å². The minimum atomic E-state index is -3.04. The van der Waals surface area contributed by atoms with E-state index in [1.54, 1.807) is 6.92 Å². The van der Waals surface area contributed by atoms with E-state index in [2.05, 4.69) is 10.2 Å². The average Bonchev–Trinajstić information content (AvgIpc) is 2.84. The van der Waals surface area contributed by atoms with Crippen LogP contribution in [0, 0.1) is 0 Å². The van der Waals surface area contributed by atoms with Crippen LogP contribution in [-0.4, -0.2) is 50.4 Å². The fourth-order valence-electron chi connectivity index (χ4n) is 2.88. The number of carbonyl (C=O) groups excluding carboxylic acids is 1. The van der Waals surface area contributed by atoms with E-state index in [1.807, 2.05) is 24.3 Å². The lowest BCUT2D eigenvalue weighted by Crippen LogP contribution is -2.29. The summed E-state index contributed by atoms with van der Waals surface area (Å²) in [7, 11) is -3.04. The lowest BCUT2D eigenvalue weighted by molar-refractivity contribution is 0.0956. The first-order valence-corrected chi connectivity index (χ1v) is 10.6. The highest BCUT2D eigenvalue weighted by molar-refractivity contribution is 7.91. The molecule has 1 aliphatic rings. The smallest absolute Gasteiger partial charge is 0.251 e. The molecule has 1 aliphatic heterocycles. The lowest BCUT2D eigenvalue weighted by Gasteiger charge is -2.19. The summed E-state index contributed by atoms with van der Waals surface area (Å²) >= 11 is 0. The van der Waals surface area contributed by atoms with Crippen molar-refractivity contribution >= 4 is 15.7 Å². The zero-order chi connectivity index (χ0) is 17.4. The first-order valence-electron chi connectivity index (χ1n) is 8.80. The molecule has 0 radical (unpaired) electrons. The normalized spacial score (nSPS) is 16.5. The summed E-state index contributed by atoms with van der Waals surface area (Å²) in [5.74, 6) is -0.126. The fraction of sp³-hybridized carbons (Fsp3) is 0.611. The van der Waals surface area contributed by atoms with Crippen molar-refractivity contribution in [3.63, 3.8) is 0 Å². The minimum Gasteiger partial charge on any atom is -0.351 e. The maximum Gasteiger partial charge on any atom is 0.251 e. The molecule has 0 unspecified atom stereocenters. The number of carbonyl (C=O) groups is 1. The van der Waals surface area contributed by atoms with Crippen LogP contribution < -0.4 is 5.32 Å². The first-order chi connectivity index (χ1) is 11.5. The fourth-order valence-corrected chi connectivity index (χ4v) is 3.58. The molecule has 0 aliphatic carbocycles. The summed E-state index contributed by atoms with van der Waals surface area (Å²) in [5.41, 5.74) is 1.78. The van der Waals surface area contributed by atoms with Crippen LogP contribution in [0.4, 0.5) is 0 Å². The van der Waals surface area contributed by atoms with Gasteiger partial charge in [-0.3, -0.25) is 9.69 Å². The molecule has 1 aromatic carbocycles. The topological polar surface area (TPSA) is 66.5 Å². The van der Waals surface area contributed by atoms with Gasteiger partial charge in [-0.2, -0.15) is 0 Å². The Balaban J connectivity index is 1.83. The van der Waals surface area contributed by atoms with Gasteiger partial charge in [0.1, 0.15) is 0 Å². The van der Waals surface area contributed by atoms with Crippen LogP contribution in [0.3, 0.4) is 0 Å². The summed E-state index contributed by atoms with van der Waals surface area (Å²) in [4.78, 5) is 14.5. The van der Waals surface area contributed by atoms with Crippen molar-refractivity contribution in [3.05, 3.63) is 35.4 Å². The van der Waals surface area contributed by atoms with E-state index in [4.69, 9.17) is 0 Å². The second-order valence-corrected chi connectivity index (χ2v) is 8.85. The van der Waals surface area contributed by atoms with Crippen LogP contribution in [0.25, 0.3) is 0 Å². The van der Waals surface area contributed by atoms with Crippen LogP contribution in [-0.2, 0) is 16.4 Å². The summed E-state index contributed by atoms with van der Waals surface area (Å²) in [6, 6.07) is 7.61. The summed E-state index contributed by atoms with van der Waals surface area (Å²) in [5, 5.41) is 2.67. The Labute approximate surface area is 145 Å². The van der Waals surface area contributed by atoms with E-state index in [0.717, 1.165) is 19.6 Å². The second-order valence-electron chi connectivity index (χ2n) is 6.38. The number of likely N-dealkylation sites (tertiary alicyclic amines) is 1. The number of hydrogen-bond acceptors (Lipinski definition) is 4. The monoisotopic (exact) mass is 352 g/mol. The van der Waals surface area contributed by atoms with Crippen molar-refractivity contribution in [1.82, 2.24) is 10.2 Å². The van der Waals surface area contributed by atoms with Crippen molar-refractivity contribution in [2.24, 2.45) is 0 Å². The Hall–Kier alpha value is -1.40. The third kappa shape index (κ3) is 6.24. The molecule has 0 bridgehead atoms. The molecule has 0 saturated carbocycles. The average molecular weight is 353 g/mol. The molecular formula is C18H28N2O3S. The Morgan fingerprint density at radius 1 is 1.08 bits per heavy atom. The van der Waals surface area contributed by atoms with E-state index in [-0.39, 0.29) is 24.0 Å². The molecule has 5 nitrogen and oxygen atoms in total. The molecule has 1 fully saturated rings. The zero-order valence-corrected chi connectivity index (χ0v) is 15.3. The molecule has 24 heavy (non-hydrogen) atoms. The van der Waals surface area contributed by atoms with Crippen molar-refractivity contribution < 1.29 is 13.2 Å². The van der Waals surface area contributed by atoms with Gasteiger partial charge >= 0.3 is 0 Å². The number of sulfone groups is 1. The highest BCUT2D eigenvalue weighted by Crippen LogP contribution is 2.13. The Bertz CT molecular complexity index is 618. The van der Waals surface area contributed by atoms with E-state index in [9.17, 15) is 13.2 Å². The molecule has 1 N–H and O–H groups in total. The zero-order valence-electron chi connectivity index (χ0n) is 14.5. The number of rotatable bonds is 7. The highest BCUT2D eigenvalue weighted by Gasteiger charge is 2.11. The molecule has 1 amide bonds. The van der Waals surface area contributed by atoms with E-state index < -0.39 is 9.84 Å².